The van der Waals surface area contributed by atoms with E-state index < -0.39 is 0 Å². The van der Waals surface area contributed by atoms with Crippen LogP contribution in [0.15, 0.2) is 54.2 Å². The van der Waals surface area contributed by atoms with Gasteiger partial charge in [0, 0.05) is 23.0 Å². The monoisotopic (exact) mass is 279 g/mol. The summed E-state index contributed by atoms with van der Waals surface area (Å²) < 4.78 is 0. The van der Waals surface area contributed by atoms with E-state index in [-0.39, 0.29) is 5.78 Å². The van der Waals surface area contributed by atoms with Crippen molar-refractivity contribution in [3.05, 3.63) is 76.5 Å². The summed E-state index contributed by atoms with van der Waals surface area (Å²) in [6, 6.07) is 13.9. The van der Waals surface area contributed by atoms with Crippen LogP contribution in [0, 0.1) is 20.8 Å². The first-order valence-electron chi connectivity index (χ1n) is 7.09. The van der Waals surface area contributed by atoms with Crippen LogP contribution in [0.3, 0.4) is 0 Å². The number of allylic oxidation sites excluding steroid dienone is 2. The third-order valence-corrected chi connectivity index (χ3v) is 3.41. The first kappa shape index (κ1) is 15.0. The van der Waals surface area contributed by atoms with E-state index in [4.69, 9.17) is 0 Å². The molecule has 0 aliphatic rings. The van der Waals surface area contributed by atoms with Gasteiger partial charge in [-0.1, -0.05) is 42.0 Å². The van der Waals surface area contributed by atoms with Crippen molar-refractivity contribution in [2.45, 2.75) is 27.7 Å². The molecule has 0 aliphatic heterocycles. The highest BCUT2D eigenvalue weighted by Gasteiger charge is 2.04. The zero-order valence-electron chi connectivity index (χ0n) is 13.0. The van der Waals surface area contributed by atoms with Crippen molar-refractivity contribution >= 4 is 11.5 Å². The van der Waals surface area contributed by atoms with E-state index in [1.807, 2.05) is 38.1 Å². The summed E-state index contributed by atoms with van der Waals surface area (Å²) in [6.07, 6.45) is 1.65. The molecular weight excluding hydrogens is 258 g/mol. The van der Waals surface area contributed by atoms with Crippen molar-refractivity contribution in [1.29, 1.82) is 0 Å². The number of rotatable bonds is 4. The van der Waals surface area contributed by atoms with Crippen molar-refractivity contribution in [2.24, 2.45) is 0 Å². The molecule has 0 heterocycles. The highest BCUT2D eigenvalue weighted by Crippen LogP contribution is 2.18. The Bertz CT molecular complexity index is 681. The third kappa shape index (κ3) is 4.06. The van der Waals surface area contributed by atoms with Crippen LogP contribution in [0.25, 0.3) is 0 Å². The first-order chi connectivity index (χ1) is 9.95. The Morgan fingerprint density at radius 3 is 2.24 bits per heavy atom. The van der Waals surface area contributed by atoms with Gasteiger partial charge in [-0.25, -0.2) is 0 Å². The topological polar surface area (TPSA) is 29.1 Å². The second-order valence-corrected chi connectivity index (χ2v) is 5.50. The maximum atomic E-state index is 12.2. The number of benzene rings is 2. The van der Waals surface area contributed by atoms with Crippen molar-refractivity contribution in [3.8, 4) is 0 Å². The lowest BCUT2D eigenvalue weighted by molar-refractivity contribution is 0.104. The van der Waals surface area contributed by atoms with Crippen LogP contribution >= 0.6 is 0 Å². The van der Waals surface area contributed by atoms with Crippen LogP contribution < -0.4 is 5.32 Å². The average molecular weight is 279 g/mol. The first-order valence-corrected chi connectivity index (χ1v) is 7.09. The summed E-state index contributed by atoms with van der Waals surface area (Å²) in [6.45, 7) is 8.03. The summed E-state index contributed by atoms with van der Waals surface area (Å²) in [5, 5.41) is 3.30. The maximum absolute atomic E-state index is 12.2. The highest BCUT2D eigenvalue weighted by atomic mass is 16.1. The lowest BCUT2D eigenvalue weighted by Gasteiger charge is -2.10. The average Bonchev–Trinajstić information content (AvgIpc) is 2.43. The predicted molar refractivity (Wildman–Crippen MR) is 88.8 cm³/mol. The molecule has 2 aromatic carbocycles. The molecule has 2 rings (SSSR count). The van der Waals surface area contributed by atoms with Crippen molar-refractivity contribution in [2.75, 3.05) is 5.32 Å². The number of ketones is 1. The van der Waals surface area contributed by atoms with E-state index in [9.17, 15) is 4.79 Å². The standard InChI is InChI=1S/C19H21NO/c1-13-6-9-17(10-7-13)19(21)12-16(4)20-18-11-14(2)5-8-15(18)3/h5-12,20H,1-4H3/b16-12+. The Balaban J connectivity index is 2.15. The van der Waals surface area contributed by atoms with Gasteiger partial charge in [0.15, 0.2) is 5.78 Å². The van der Waals surface area contributed by atoms with E-state index in [1.165, 1.54) is 5.56 Å². The normalized spacial score (nSPS) is 11.3. The molecule has 2 nitrogen and oxygen atoms in total. The zero-order valence-corrected chi connectivity index (χ0v) is 13.0. The minimum absolute atomic E-state index is 0.0188. The Morgan fingerprint density at radius 1 is 0.952 bits per heavy atom. The van der Waals surface area contributed by atoms with Gasteiger partial charge in [0.25, 0.3) is 0 Å². The van der Waals surface area contributed by atoms with Gasteiger partial charge >= 0.3 is 0 Å². The molecule has 0 unspecified atom stereocenters. The van der Waals surface area contributed by atoms with Gasteiger partial charge in [-0.2, -0.15) is 0 Å². The Morgan fingerprint density at radius 2 is 1.57 bits per heavy atom. The van der Waals surface area contributed by atoms with Crippen LogP contribution in [0.1, 0.15) is 34.0 Å². The van der Waals surface area contributed by atoms with Gasteiger partial charge in [-0.3, -0.25) is 4.79 Å². The lowest BCUT2D eigenvalue weighted by atomic mass is 10.1. The van der Waals surface area contributed by atoms with Crippen LogP contribution in [0.2, 0.25) is 0 Å². The Labute approximate surface area is 126 Å². The van der Waals surface area contributed by atoms with E-state index >= 15 is 0 Å². The minimum Gasteiger partial charge on any atom is -0.359 e. The number of nitrogens with one attached hydrogen (secondary N) is 1. The number of aryl methyl sites for hydroxylation is 3. The molecule has 0 aliphatic carbocycles. The summed E-state index contributed by atoms with van der Waals surface area (Å²) in [5.41, 5.74) is 6.11. The number of carbonyl (C=O) groups is 1. The molecule has 21 heavy (non-hydrogen) atoms. The molecule has 0 aromatic heterocycles. The van der Waals surface area contributed by atoms with Crippen molar-refractivity contribution in [1.82, 2.24) is 0 Å². The van der Waals surface area contributed by atoms with Crippen molar-refractivity contribution in [3.63, 3.8) is 0 Å². The van der Waals surface area contributed by atoms with E-state index in [2.05, 4.69) is 37.4 Å². The third-order valence-electron chi connectivity index (χ3n) is 3.41. The van der Waals surface area contributed by atoms with Gasteiger partial charge in [-0.05, 0) is 44.9 Å². The second-order valence-electron chi connectivity index (χ2n) is 5.50. The maximum Gasteiger partial charge on any atom is 0.187 e. The molecule has 0 saturated carbocycles. The molecule has 0 fully saturated rings. The summed E-state index contributed by atoms with van der Waals surface area (Å²) in [5.74, 6) is 0.0188. The molecule has 108 valence electrons. The molecule has 2 aromatic rings. The molecule has 0 atom stereocenters. The summed E-state index contributed by atoms with van der Waals surface area (Å²) in [4.78, 5) is 12.2. The zero-order chi connectivity index (χ0) is 15.4. The molecule has 0 amide bonds. The second kappa shape index (κ2) is 6.40. The number of hydrogen-bond donors (Lipinski definition) is 1. The van der Waals surface area contributed by atoms with Crippen LogP contribution in [-0.4, -0.2) is 5.78 Å². The van der Waals surface area contributed by atoms with Gasteiger partial charge in [0.05, 0.1) is 0 Å². The lowest BCUT2D eigenvalue weighted by Crippen LogP contribution is -2.02. The minimum atomic E-state index is 0.0188. The molecule has 1 N–H and O–H groups in total. The SMILES string of the molecule is C/C(=C\C(=O)c1ccc(C)cc1)Nc1cc(C)ccc1C. The van der Waals surface area contributed by atoms with Gasteiger partial charge in [0.2, 0.25) is 0 Å². The summed E-state index contributed by atoms with van der Waals surface area (Å²) in [7, 11) is 0. The quantitative estimate of drug-likeness (QED) is 0.642. The molecular formula is C19H21NO. The fraction of sp³-hybridized carbons (Fsp3) is 0.211. The van der Waals surface area contributed by atoms with Gasteiger partial charge < -0.3 is 5.32 Å². The highest BCUT2D eigenvalue weighted by molar-refractivity contribution is 6.05. The van der Waals surface area contributed by atoms with Crippen molar-refractivity contribution < 1.29 is 4.79 Å². The fourth-order valence-corrected chi connectivity index (χ4v) is 2.12. The van der Waals surface area contributed by atoms with E-state index in [0.29, 0.717) is 5.56 Å². The molecule has 0 bridgehead atoms. The Kier molecular flexibility index (Phi) is 4.59. The predicted octanol–water partition coefficient (Wildman–Crippen LogP) is 4.81. The summed E-state index contributed by atoms with van der Waals surface area (Å²) >= 11 is 0. The van der Waals surface area contributed by atoms with Crippen LogP contribution in [-0.2, 0) is 0 Å². The van der Waals surface area contributed by atoms with Gasteiger partial charge in [-0.15, -0.1) is 0 Å². The number of carbonyl (C=O) groups excluding carboxylic acids is 1. The number of anilines is 1. The van der Waals surface area contributed by atoms with Crippen LogP contribution in [0.4, 0.5) is 5.69 Å². The fourth-order valence-electron chi connectivity index (χ4n) is 2.12. The number of hydrogen-bond acceptors (Lipinski definition) is 2. The molecule has 0 radical (unpaired) electrons. The van der Waals surface area contributed by atoms with E-state index in [1.54, 1.807) is 6.08 Å². The Hall–Kier alpha value is -2.35. The molecule has 0 saturated heterocycles. The van der Waals surface area contributed by atoms with E-state index in [0.717, 1.165) is 22.5 Å². The largest absolute Gasteiger partial charge is 0.359 e. The van der Waals surface area contributed by atoms with Crippen LogP contribution in [0.5, 0.6) is 0 Å². The molecule has 2 heteroatoms. The van der Waals surface area contributed by atoms with Gasteiger partial charge in [0.1, 0.15) is 0 Å². The smallest absolute Gasteiger partial charge is 0.187 e. The molecule has 0 spiro atoms.